The van der Waals surface area contributed by atoms with Crippen molar-refractivity contribution >= 4 is 0 Å². The summed E-state index contributed by atoms with van der Waals surface area (Å²) in [6, 6.07) is -0.273. The minimum atomic E-state index is -0.868. The second-order valence-corrected chi connectivity index (χ2v) is 2.78. The Balaban J connectivity index is 3.38. The fourth-order valence-corrected chi connectivity index (χ4v) is 0.684. The molecule has 0 aromatic heterocycles. The van der Waals surface area contributed by atoms with Gasteiger partial charge < -0.3 is 16.6 Å². The quantitative estimate of drug-likeness (QED) is 0.459. The van der Waals surface area contributed by atoms with Gasteiger partial charge in [-0.25, -0.2) is 0 Å². The van der Waals surface area contributed by atoms with E-state index in [1.807, 2.05) is 13.8 Å². The van der Waals surface area contributed by atoms with Gasteiger partial charge in [0.15, 0.2) is 0 Å². The van der Waals surface area contributed by atoms with E-state index in [0.29, 0.717) is 5.92 Å². The molecule has 0 aliphatic carbocycles. The number of nitrogens with two attached hydrogens (primary N) is 2. The molecule has 0 aliphatic rings. The van der Waals surface area contributed by atoms with Gasteiger partial charge in [0, 0.05) is 6.04 Å². The zero-order valence-corrected chi connectivity index (χ0v) is 6.04. The molecule has 3 nitrogen and oxygen atoms in total. The van der Waals surface area contributed by atoms with Crippen molar-refractivity contribution in [3.05, 3.63) is 0 Å². The van der Waals surface area contributed by atoms with Gasteiger partial charge in [0.05, 0.1) is 0 Å². The topological polar surface area (TPSA) is 72.3 Å². The van der Waals surface area contributed by atoms with E-state index >= 15 is 0 Å². The molecule has 9 heavy (non-hydrogen) atoms. The summed E-state index contributed by atoms with van der Waals surface area (Å²) in [5.41, 5.74) is 10.6. The van der Waals surface area contributed by atoms with Crippen molar-refractivity contribution < 1.29 is 5.11 Å². The zero-order valence-electron chi connectivity index (χ0n) is 6.04. The molecule has 0 unspecified atom stereocenters. The maximum Gasteiger partial charge on any atom is 0.117 e. The fourth-order valence-electron chi connectivity index (χ4n) is 0.684. The highest BCUT2D eigenvalue weighted by Gasteiger charge is 2.10. The Morgan fingerprint density at radius 2 is 1.78 bits per heavy atom. The Hall–Kier alpha value is -0.120. The summed E-state index contributed by atoms with van der Waals surface area (Å²) in [6.07, 6.45) is -0.0927. The van der Waals surface area contributed by atoms with E-state index in [9.17, 15) is 0 Å². The van der Waals surface area contributed by atoms with Crippen LogP contribution in [0.2, 0.25) is 0 Å². The molecule has 3 heteroatoms. The van der Waals surface area contributed by atoms with Crippen molar-refractivity contribution in [2.75, 3.05) is 0 Å². The number of aliphatic hydroxyl groups is 1. The van der Waals surface area contributed by atoms with Crippen LogP contribution in [-0.4, -0.2) is 17.4 Å². The lowest BCUT2D eigenvalue weighted by molar-refractivity contribution is 0.141. The maximum absolute atomic E-state index is 8.72. The Morgan fingerprint density at radius 1 is 1.33 bits per heavy atom. The lowest BCUT2D eigenvalue weighted by Crippen LogP contribution is -2.41. The summed E-state index contributed by atoms with van der Waals surface area (Å²) >= 11 is 0. The Bertz CT molecular complexity index is 73.5. The van der Waals surface area contributed by atoms with Gasteiger partial charge in [-0.05, 0) is 12.3 Å². The summed E-state index contributed by atoms with van der Waals surface area (Å²) in [6.45, 7) is 4.09. The second kappa shape index (κ2) is 3.82. The van der Waals surface area contributed by atoms with Gasteiger partial charge in [0.25, 0.3) is 0 Å². The summed E-state index contributed by atoms with van der Waals surface area (Å²) in [5.74, 6) is 0.498. The fraction of sp³-hybridized carbons (Fsp3) is 1.00. The van der Waals surface area contributed by atoms with Crippen LogP contribution in [0.5, 0.6) is 0 Å². The van der Waals surface area contributed by atoms with E-state index in [1.54, 1.807) is 0 Å². The first kappa shape index (κ1) is 8.88. The van der Waals surface area contributed by atoms with Crippen LogP contribution in [0.3, 0.4) is 0 Å². The number of rotatable bonds is 3. The molecule has 0 spiro atoms. The van der Waals surface area contributed by atoms with Crippen LogP contribution in [0.4, 0.5) is 0 Å². The van der Waals surface area contributed by atoms with Crippen LogP contribution in [0.1, 0.15) is 20.3 Å². The predicted molar refractivity (Wildman–Crippen MR) is 37.6 cm³/mol. The molecule has 0 heterocycles. The number of aliphatic hydroxyl groups excluding tert-OH is 1. The van der Waals surface area contributed by atoms with Gasteiger partial charge >= 0.3 is 0 Å². The summed E-state index contributed by atoms with van der Waals surface area (Å²) < 4.78 is 0. The standard InChI is InChI=1S/C6H16N2O/c1-4(2)3-5(7)6(8)9/h4-6,9H,3,7-8H2,1-2H3/t5-,6-/m1/s1. The van der Waals surface area contributed by atoms with E-state index in [-0.39, 0.29) is 6.04 Å². The van der Waals surface area contributed by atoms with E-state index in [4.69, 9.17) is 16.6 Å². The van der Waals surface area contributed by atoms with E-state index in [2.05, 4.69) is 0 Å². The Kier molecular flexibility index (Phi) is 3.77. The molecule has 0 rings (SSSR count). The molecule has 0 saturated heterocycles. The summed E-state index contributed by atoms with van der Waals surface area (Å²) in [5, 5.41) is 8.72. The first-order valence-electron chi connectivity index (χ1n) is 3.23. The highest BCUT2D eigenvalue weighted by molar-refractivity contribution is 4.67. The molecule has 0 radical (unpaired) electrons. The Morgan fingerprint density at radius 3 is 1.89 bits per heavy atom. The molecule has 0 fully saturated rings. The largest absolute Gasteiger partial charge is 0.377 e. The summed E-state index contributed by atoms with van der Waals surface area (Å²) in [7, 11) is 0. The van der Waals surface area contributed by atoms with Crippen molar-refractivity contribution in [3.63, 3.8) is 0 Å². The molecule has 2 atom stereocenters. The van der Waals surface area contributed by atoms with Gasteiger partial charge in [-0.15, -0.1) is 0 Å². The van der Waals surface area contributed by atoms with Crippen LogP contribution in [0, 0.1) is 5.92 Å². The van der Waals surface area contributed by atoms with E-state index < -0.39 is 6.23 Å². The molecule has 56 valence electrons. The molecule has 0 bridgehead atoms. The van der Waals surface area contributed by atoms with Crippen LogP contribution in [0.15, 0.2) is 0 Å². The van der Waals surface area contributed by atoms with E-state index in [0.717, 1.165) is 6.42 Å². The molecular weight excluding hydrogens is 116 g/mol. The minimum Gasteiger partial charge on any atom is -0.377 e. The van der Waals surface area contributed by atoms with Gasteiger partial charge in [0.1, 0.15) is 6.23 Å². The first-order chi connectivity index (χ1) is 4.04. The van der Waals surface area contributed by atoms with Crippen LogP contribution < -0.4 is 11.5 Å². The average Bonchev–Trinajstić information content (AvgIpc) is 1.63. The highest BCUT2D eigenvalue weighted by atomic mass is 16.3. The van der Waals surface area contributed by atoms with E-state index in [1.165, 1.54) is 0 Å². The number of hydrogen-bond acceptors (Lipinski definition) is 3. The normalized spacial score (nSPS) is 18.0. The lowest BCUT2D eigenvalue weighted by atomic mass is 10.0. The molecule has 5 N–H and O–H groups in total. The van der Waals surface area contributed by atoms with Crippen molar-refractivity contribution in [3.8, 4) is 0 Å². The molecule has 0 aromatic rings. The van der Waals surface area contributed by atoms with Crippen molar-refractivity contribution in [1.29, 1.82) is 0 Å². The van der Waals surface area contributed by atoms with Gasteiger partial charge in [-0.1, -0.05) is 13.8 Å². The van der Waals surface area contributed by atoms with Gasteiger partial charge in [0.2, 0.25) is 0 Å². The first-order valence-corrected chi connectivity index (χ1v) is 3.23. The van der Waals surface area contributed by atoms with Crippen LogP contribution in [0.25, 0.3) is 0 Å². The number of hydrogen-bond donors (Lipinski definition) is 3. The molecule has 0 aliphatic heterocycles. The van der Waals surface area contributed by atoms with Crippen LogP contribution >= 0.6 is 0 Å². The summed E-state index contributed by atoms with van der Waals surface area (Å²) in [4.78, 5) is 0. The third kappa shape index (κ3) is 4.39. The average molecular weight is 132 g/mol. The molecule has 0 amide bonds. The smallest absolute Gasteiger partial charge is 0.117 e. The third-order valence-corrected chi connectivity index (χ3v) is 1.18. The molecular formula is C6H16N2O. The van der Waals surface area contributed by atoms with Crippen molar-refractivity contribution in [2.45, 2.75) is 32.5 Å². The molecule has 0 aromatic carbocycles. The van der Waals surface area contributed by atoms with Gasteiger partial charge in [-0.2, -0.15) is 0 Å². The SMILES string of the molecule is CC(C)C[C@@H](N)[C@H](N)O. The van der Waals surface area contributed by atoms with Gasteiger partial charge in [-0.3, -0.25) is 0 Å². The monoisotopic (exact) mass is 132 g/mol. The minimum absolute atomic E-state index is 0.273. The maximum atomic E-state index is 8.72. The predicted octanol–water partition coefficient (Wildman–Crippen LogP) is -0.363. The van der Waals surface area contributed by atoms with Crippen molar-refractivity contribution in [2.24, 2.45) is 17.4 Å². The van der Waals surface area contributed by atoms with Crippen LogP contribution in [-0.2, 0) is 0 Å². The third-order valence-electron chi connectivity index (χ3n) is 1.18. The molecule has 0 saturated carbocycles. The second-order valence-electron chi connectivity index (χ2n) is 2.78. The van der Waals surface area contributed by atoms with Crippen molar-refractivity contribution in [1.82, 2.24) is 0 Å². The lowest BCUT2D eigenvalue weighted by Gasteiger charge is -2.15. The zero-order chi connectivity index (χ0) is 7.44. The Labute approximate surface area is 56.0 Å². The highest BCUT2D eigenvalue weighted by Crippen LogP contribution is 2.02.